The summed E-state index contributed by atoms with van der Waals surface area (Å²) >= 11 is 0. The second-order valence-electron chi connectivity index (χ2n) is 11.2. The third-order valence-corrected chi connectivity index (χ3v) is 8.77. The van der Waals surface area contributed by atoms with Crippen LogP contribution in [0.2, 0.25) is 0 Å². The molecule has 204 valence electrons. The zero-order chi connectivity index (χ0) is 26.4. The van der Waals surface area contributed by atoms with Gasteiger partial charge in [0.25, 0.3) is 0 Å². The molecule has 3 fully saturated rings. The maximum atomic E-state index is 13.7. The first-order valence-corrected chi connectivity index (χ1v) is 13.8. The molecular weight excluding hydrogens is 465 g/mol. The highest BCUT2D eigenvalue weighted by molar-refractivity contribution is 5.27. The van der Waals surface area contributed by atoms with Crippen LogP contribution in [0.25, 0.3) is 0 Å². The molecule has 2 heterocycles. The fourth-order valence-corrected chi connectivity index (χ4v) is 6.31. The van der Waals surface area contributed by atoms with Gasteiger partial charge in [-0.1, -0.05) is 49.8 Å². The zero-order valence-corrected chi connectivity index (χ0v) is 22.8. The SMILES string of the molecule is C=CC(C(/C=C/C=C1\CC2(CCC2)CN2C1NNCC2C1C=CC(F)=CC1)OC)N(C)C/C=C(\N)CC. The van der Waals surface area contributed by atoms with Crippen LogP contribution in [0, 0.1) is 11.3 Å². The summed E-state index contributed by atoms with van der Waals surface area (Å²) in [6.07, 6.45) is 22.6. The number of piperidine rings is 1. The molecule has 0 bridgehead atoms. The van der Waals surface area contributed by atoms with Gasteiger partial charge in [0.05, 0.1) is 18.3 Å². The van der Waals surface area contributed by atoms with Gasteiger partial charge in [0.15, 0.2) is 0 Å². The van der Waals surface area contributed by atoms with Gasteiger partial charge in [-0.2, -0.15) is 0 Å². The van der Waals surface area contributed by atoms with Crippen molar-refractivity contribution in [2.75, 3.05) is 33.8 Å². The molecule has 1 spiro atoms. The first-order chi connectivity index (χ1) is 17.9. The van der Waals surface area contributed by atoms with Crippen LogP contribution >= 0.6 is 0 Å². The molecule has 2 saturated heterocycles. The van der Waals surface area contributed by atoms with E-state index in [1.165, 1.54) is 24.8 Å². The van der Waals surface area contributed by atoms with Crippen LogP contribution in [-0.2, 0) is 4.74 Å². The van der Waals surface area contributed by atoms with Crippen molar-refractivity contribution in [2.45, 2.75) is 69.8 Å². The molecule has 5 unspecified atom stereocenters. The maximum Gasteiger partial charge on any atom is 0.118 e. The van der Waals surface area contributed by atoms with Crippen LogP contribution in [0.1, 0.15) is 45.4 Å². The number of hydrogen-bond acceptors (Lipinski definition) is 6. The van der Waals surface area contributed by atoms with Crippen LogP contribution in [0.5, 0.6) is 0 Å². The predicted molar refractivity (Wildman–Crippen MR) is 150 cm³/mol. The number of fused-ring (bicyclic) bond motifs is 1. The Labute approximate surface area is 222 Å². The van der Waals surface area contributed by atoms with Crippen molar-refractivity contribution in [2.24, 2.45) is 17.1 Å². The van der Waals surface area contributed by atoms with Crippen LogP contribution < -0.4 is 16.6 Å². The van der Waals surface area contributed by atoms with E-state index in [-0.39, 0.29) is 24.1 Å². The van der Waals surface area contributed by atoms with E-state index in [1.54, 1.807) is 19.3 Å². The molecular formula is C30H46FN5O. The summed E-state index contributed by atoms with van der Waals surface area (Å²) in [5.41, 5.74) is 15.7. The van der Waals surface area contributed by atoms with Crippen molar-refractivity contribution in [3.63, 3.8) is 0 Å². The molecule has 37 heavy (non-hydrogen) atoms. The van der Waals surface area contributed by atoms with Crippen molar-refractivity contribution >= 4 is 0 Å². The molecule has 0 aromatic rings. The molecule has 7 heteroatoms. The molecule has 1 saturated carbocycles. The van der Waals surface area contributed by atoms with E-state index in [1.807, 2.05) is 6.08 Å². The van der Waals surface area contributed by atoms with Crippen molar-refractivity contribution in [1.29, 1.82) is 0 Å². The van der Waals surface area contributed by atoms with Gasteiger partial charge in [-0.05, 0) is 68.2 Å². The summed E-state index contributed by atoms with van der Waals surface area (Å²) in [5.74, 6) is 0.205. The van der Waals surface area contributed by atoms with E-state index in [2.05, 4.69) is 71.6 Å². The van der Waals surface area contributed by atoms with Gasteiger partial charge in [-0.25, -0.2) is 9.82 Å². The molecule has 4 rings (SSSR count). The van der Waals surface area contributed by atoms with Gasteiger partial charge < -0.3 is 10.5 Å². The number of hydrogen-bond donors (Lipinski definition) is 3. The molecule has 5 atom stereocenters. The number of allylic oxidation sites excluding steroid dienone is 6. The average molecular weight is 512 g/mol. The van der Waals surface area contributed by atoms with Gasteiger partial charge in [0, 0.05) is 38.5 Å². The van der Waals surface area contributed by atoms with Crippen LogP contribution in [0.15, 0.2) is 72.3 Å². The van der Waals surface area contributed by atoms with E-state index in [9.17, 15) is 4.39 Å². The highest BCUT2D eigenvalue weighted by atomic mass is 19.1. The first kappa shape index (κ1) is 28.0. The van der Waals surface area contributed by atoms with Crippen molar-refractivity contribution < 1.29 is 9.13 Å². The van der Waals surface area contributed by atoms with Gasteiger partial charge in [0.2, 0.25) is 0 Å². The number of ether oxygens (including phenoxy) is 1. The van der Waals surface area contributed by atoms with E-state index in [4.69, 9.17) is 10.5 Å². The minimum Gasteiger partial charge on any atom is -0.402 e. The summed E-state index contributed by atoms with van der Waals surface area (Å²) in [6, 6.07) is 0.373. The van der Waals surface area contributed by atoms with Crippen LogP contribution in [-0.4, -0.2) is 67.9 Å². The summed E-state index contributed by atoms with van der Waals surface area (Å²) in [6.45, 7) is 8.83. The highest BCUT2D eigenvalue weighted by Crippen LogP contribution is 2.51. The van der Waals surface area contributed by atoms with E-state index < -0.39 is 0 Å². The van der Waals surface area contributed by atoms with Gasteiger partial charge in [-0.15, -0.1) is 6.58 Å². The second-order valence-corrected chi connectivity index (χ2v) is 11.2. The molecule has 2 aliphatic carbocycles. The number of methoxy groups -OCH3 is 1. The summed E-state index contributed by atoms with van der Waals surface area (Å²) in [7, 11) is 3.82. The molecule has 0 aromatic carbocycles. The Morgan fingerprint density at radius 1 is 1.43 bits per heavy atom. The minimum atomic E-state index is -0.118. The molecule has 2 aliphatic heterocycles. The zero-order valence-electron chi connectivity index (χ0n) is 22.8. The smallest absolute Gasteiger partial charge is 0.118 e. The maximum absolute atomic E-state index is 13.7. The largest absolute Gasteiger partial charge is 0.402 e. The minimum absolute atomic E-state index is 0.0341. The fourth-order valence-electron chi connectivity index (χ4n) is 6.31. The lowest BCUT2D eigenvalue weighted by molar-refractivity contribution is -0.0462. The van der Waals surface area contributed by atoms with E-state index >= 15 is 0 Å². The van der Waals surface area contributed by atoms with Gasteiger partial charge in [-0.3, -0.25) is 15.2 Å². The Kier molecular flexibility index (Phi) is 9.59. The third kappa shape index (κ3) is 6.52. The average Bonchev–Trinajstić information content (AvgIpc) is 2.90. The lowest BCUT2D eigenvalue weighted by atomic mass is 9.62. The summed E-state index contributed by atoms with van der Waals surface area (Å²) in [4.78, 5) is 4.85. The van der Waals surface area contributed by atoms with Crippen molar-refractivity contribution in [1.82, 2.24) is 20.7 Å². The first-order valence-electron chi connectivity index (χ1n) is 13.8. The molecule has 0 amide bonds. The summed E-state index contributed by atoms with van der Waals surface area (Å²) < 4.78 is 19.5. The lowest BCUT2D eigenvalue weighted by Crippen LogP contribution is -2.70. The number of halogens is 1. The normalized spacial score (nSPS) is 30.8. The number of nitrogens with one attached hydrogen (secondary N) is 2. The monoisotopic (exact) mass is 511 g/mol. The Morgan fingerprint density at radius 2 is 2.24 bits per heavy atom. The Balaban J connectivity index is 1.50. The molecule has 0 radical (unpaired) electrons. The van der Waals surface area contributed by atoms with Gasteiger partial charge >= 0.3 is 0 Å². The topological polar surface area (TPSA) is 65.8 Å². The standard InChI is InChI=1S/C30H46FN5O/c1-5-25(32)15-18-35(3)26(6-2)28(37-4)10-7-9-23-19-30(16-8-17-30)21-36-27(20-33-34-29(23)36)22-11-13-24(31)14-12-22/h6-7,9-11,13-15,22,26-29,33-34H,2,5,8,12,16-21,32H2,1,3-4H3/b10-7+,23-9+,25-15-. The number of nitrogens with two attached hydrogens (primary N) is 1. The third-order valence-electron chi connectivity index (χ3n) is 8.77. The number of rotatable bonds is 10. The quantitative estimate of drug-likeness (QED) is 0.380. The number of nitrogens with zero attached hydrogens (tertiary/aromatic N) is 2. The highest BCUT2D eigenvalue weighted by Gasteiger charge is 2.49. The van der Waals surface area contributed by atoms with E-state index in [0.29, 0.717) is 17.4 Å². The molecule has 0 aromatic heterocycles. The van der Waals surface area contributed by atoms with Crippen LogP contribution in [0.4, 0.5) is 4.39 Å². The fraction of sp³-hybridized carbons (Fsp3) is 0.600. The van der Waals surface area contributed by atoms with Gasteiger partial charge in [0.1, 0.15) is 5.83 Å². The lowest BCUT2D eigenvalue weighted by Gasteiger charge is -2.57. The van der Waals surface area contributed by atoms with Crippen LogP contribution in [0.3, 0.4) is 0 Å². The second kappa shape index (κ2) is 12.7. The van der Waals surface area contributed by atoms with Crippen molar-refractivity contribution in [3.05, 3.63) is 72.3 Å². The molecule has 6 nitrogen and oxygen atoms in total. The molecule has 4 N–H and O–H groups in total. The Morgan fingerprint density at radius 3 is 2.86 bits per heavy atom. The predicted octanol–water partition coefficient (Wildman–Crippen LogP) is 4.33. The molecule has 4 aliphatic rings. The van der Waals surface area contributed by atoms with E-state index in [0.717, 1.165) is 44.6 Å². The van der Waals surface area contributed by atoms with Crippen molar-refractivity contribution in [3.8, 4) is 0 Å². The Bertz CT molecular complexity index is 950. The summed E-state index contributed by atoms with van der Waals surface area (Å²) in [5, 5.41) is 0. The number of likely N-dealkylation sites (N-methyl/N-ethyl adjacent to an activating group) is 1. The number of hydrazine groups is 1. The Hall–Kier alpha value is -2.03.